The molecule has 1 atom stereocenters. The molecule has 0 aliphatic rings. The maximum Gasteiger partial charge on any atom is 0.0438 e. The lowest BCUT2D eigenvalue weighted by molar-refractivity contribution is 0.425. The van der Waals surface area contributed by atoms with E-state index < -0.39 is 0 Å². The van der Waals surface area contributed by atoms with Gasteiger partial charge in [0.15, 0.2) is 0 Å². The number of rotatable bonds is 7. The van der Waals surface area contributed by atoms with Crippen LogP contribution in [0.2, 0.25) is 5.02 Å². The minimum Gasteiger partial charge on any atom is -0.311 e. The van der Waals surface area contributed by atoms with Gasteiger partial charge in [-0.2, -0.15) is 0 Å². The van der Waals surface area contributed by atoms with Crippen molar-refractivity contribution in [3.63, 3.8) is 0 Å². The summed E-state index contributed by atoms with van der Waals surface area (Å²) >= 11 is 6.21. The summed E-state index contributed by atoms with van der Waals surface area (Å²) in [6, 6.07) is 9.22. The molecule has 1 nitrogen and oxygen atoms in total. The minimum absolute atomic E-state index is 0.527. The van der Waals surface area contributed by atoms with Crippen LogP contribution in [0.25, 0.3) is 0 Å². The first-order valence-corrected chi connectivity index (χ1v) is 7.00. The molecule has 0 aromatic heterocycles. The van der Waals surface area contributed by atoms with Crippen molar-refractivity contribution in [2.45, 2.75) is 58.5 Å². The van der Waals surface area contributed by atoms with Gasteiger partial charge in [-0.15, -0.1) is 0 Å². The van der Waals surface area contributed by atoms with Crippen molar-refractivity contribution in [1.82, 2.24) is 5.32 Å². The molecule has 0 radical (unpaired) electrons. The van der Waals surface area contributed by atoms with Crippen molar-refractivity contribution < 1.29 is 0 Å². The van der Waals surface area contributed by atoms with Crippen LogP contribution in [0, 0.1) is 0 Å². The molecule has 1 unspecified atom stereocenters. The molecule has 2 heteroatoms. The maximum absolute atomic E-state index is 6.21. The normalized spacial score (nSPS) is 13.0. The van der Waals surface area contributed by atoms with Crippen LogP contribution >= 0.6 is 11.6 Å². The van der Waals surface area contributed by atoms with E-state index >= 15 is 0 Å². The van der Waals surface area contributed by atoms with Crippen LogP contribution in [-0.4, -0.2) is 12.1 Å². The Bertz CT molecular complexity index is 322. The van der Waals surface area contributed by atoms with Crippen molar-refractivity contribution in [2.24, 2.45) is 0 Å². The Morgan fingerprint density at radius 3 is 2.53 bits per heavy atom. The Labute approximate surface area is 111 Å². The molecule has 96 valence electrons. The summed E-state index contributed by atoms with van der Waals surface area (Å²) in [5.74, 6) is 0. The second-order valence-corrected chi connectivity index (χ2v) is 5.36. The smallest absolute Gasteiger partial charge is 0.0438 e. The Morgan fingerprint density at radius 2 is 1.94 bits per heavy atom. The molecule has 0 bridgehead atoms. The second kappa shape index (κ2) is 7.73. The summed E-state index contributed by atoms with van der Waals surface area (Å²) in [5, 5.41) is 4.52. The fraction of sp³-hybridized carbons (Fsp3) is 0.600. The van der Waals surface area contributed by atoms with Gasteiger partial charge >= 0.3 is 0 Å². The van der Waals surface area contributed by atoms with Gasteiger partial charge in [-0.3, -0.25) is 0 Å². The SMILES string of the molecule is CCCCC(Cc1ccccc1Cl)NC(C)C. The first-order valence-electron chi connectivity index (χ1n) is 6.63. The van der Waals surface area contributed by atoms with Gasteiger partial charge in [0.1, 0.15) is 0 Å². The largest absolute Gasteiger partial charge is 0.311 e. The predicted molar refractivity (Wildman–Crippen MR) is 76.7 cm³/mol. The van der Waals surface area contributed by atoms with Gasteiger partial charge in [0, 0.05) is 17.1 Å². The van der Waals surface area contributed by atoms with Gasteiger partial charge in [0.25, 0.3) is 0 Å². The van der Waals surface area contributed by atoms with E-state index in [2.05, 4.69) is 38.2 Å². The van der Waals surface area contributed by atoms with E-state index in [1.54, 1.807) is 0 Å². The fourth-order valence-corrected chi connectivity index (χ4v) is 2.31. The third-order valence-electron chi connectivity index (χ3n) is 2.90. The van der Waals surface area contributed by atoms with E-state index in [0.29, 0.717) is 12.1 Å². The first kappa shape index (κ1) is 14.5. The predicted octanol–water partition coefficient (Wildman–Crippen LogP) is 4.44. The average Bonchev–Trinajstić information content (AvgIpc) is 2.28. The quantitative estimate of drug-likeness (QED) is 0.758. The number of hydrogen-bond donors (Lipinski definition) is 1. The van der Waals surface area contributed by atoms with E-state index in [-0.39, 0.29) is 0 Å². The third-order valence-corrected chi connectivity index (χ3v) is 3.27. The number of benzene rings is 1. The van der Waals surface area contributed by atoms with Gasteiger partial charge in [-0.25, -0.2) is 0 Å². The zero-order valence-corrected chi connectivity index (χ0v) is 11.9. The molecule has 0 spiro atoms. The molecule has 1 aromatic rings. The molecule has 1 rings (SSSR count). The standard InChI is InChI=1S/C15H24ClN/c1-4-5-9-14(17-12(2)3)11-13-8-6-7-10-15(13)16/h6-8,10,12,14,17H,4-5,9,11H2,1-3H3. The molecule has 0 amide bonds. The highest BCUT2D eigenvalue weighted by molar-refractivity contribution is 6.31. The van der Waals surface area contributed by atoms with Crippen LogP contribution in [0.5, 0.6) is 0 Å². The van der Waals surface area contributed by atoms with Crippen LogP contribution in [0.15, 0.2) is 24.3 Å². The Hall–Kier alpha value is -0.530. The van der Waals surface area contributed by atoms with Crippen LogP contribution in [0.1, 0.15) is 45.6 Å². The summed E-state index contributed by atoms with van der Waals surface area (Å²) in [5.41, 5.74) is 1.25. The van der Waals surface area contributed by atoms with Crippen LogP contribution in [0.4, 0.5) is 0 Å². The van der Waals surface area contributed by atoms with Crippen molar-refractivity contribution >= 4 is 11.6 Å². The van der Waals surface area contributed by atoms with Crippen molar-refractivity contribution in [2.75, 3.05) is 0 Å². The molecule has 1 aromatic carbocycles. The van der Waals surface area contributed by atoms with Gasteiger partial charge in [-0.1, -0.05) is 63.4 Å². The molecule has 0 saturated carbocycles. The zero-order chi connectivity index (χ0) is 12.7. The van der Waals surface area contributed by atoms with Gasteiger partial charge in [0.05, 0.1) is 0 Å². The maximum atomic E-state index is 6.21. The second-order valence-electron chi connectivity index (χ2n) is 4.96. The topological polar surface area (TPSA) is 12.0 Å². The molecule has 0 fully saturated rings. The highest BCUT2D eigenvalue weighted by Gasteiger charge is 2.11. The summed E-state index contributed by atoms with van der Waals surface area (Å²) in [4.78, 5) is 0. The molecular weight excluding hydrogens is 230 g/mol. The number of nitrogens with one attached hydrogen (secondary N) is 1. The Kier molecular flexibility index (Phi) is 6.61. The lowest BCUT2D eigenvalue weighted by Crippen LogP contribution is -2.36. The van der Waals surface area contributed by atoms with E-state index in [4.69, 9.17) is 11.6 Å². The van der Waals surface area contributed by atoms with E-state index in [1.165, 1.54) is 24.8 Å². The summed E-state index contributed by atoms with van der Waals surface area (Å²) < 4.78 is 0. The van der Waals surface area contributed by atoms with Crippen LogP contribution < -0.4 is 5.32 Å². The van der Waals surface area contributed by atoms with E-state index in [9.17, 15) is 0 Å². The third kappa shape index (κ3) is 5.56. The zero-order valence-electron chi connectivity index (χ0n) is 11.2. The number of unbranched alkanes of at least 4 members (excludes halogenated alkanes) is 1. The molecular formula is C15H24ClN. The van der Waals surface area contributed by atoms with Crippen LogP contribution in [-0.2, 0) is 6.42 Å². The highest BCUT2D eigenvalue weighted by atomic mass is 35.5. The summed E-state index contributed by atoms with van der Waals surface area (Å²) in [6.45, 7) is 6.64. The Balaban J connectivity index is 2.61. The van der Waals surface area contributed by atoms with Crippen LogP contribution in [0.3, 0.4) is 0 Å². The minimum atomic E-state index is 0.527. The highest BCUT2D eigenvalue weighted by Crippen LogP contribution is 2.18. The fourth-order valence-electron chi connectivity index (χ4n) is 2.10. The first-order chi connectivity index (χ1) is 8.13. The number of halogens is 1. The summed E-state index contributed by atoms with van der Waals surface area (Å²) in [6.07, 6.45) is 4.77. The molecule has 0 saturated heterocycles. The molecule has 0 aliphatic carbocycles. The molecule has 0 aliphatic heterocycles. The lowest BCUT2D eigenvalue weighted by atomic mass is 10.0. The van der Waals surface area contributed by atoms with Gasteiger partial charge in [-0.05, 0) is 24.5 Å². The van der Waals surface area contributed by atoms with E-state index in [1.807, 2.05) is 12.1 Å². The van der Waals surface area contributed by atoms with Crippen molar-refractivity contribution in [1.29, 1.82) is 0 Å². The molecule has 1 N–H and O–H groups in total. The van der Waals surface area contributed by atoms with E-state index in [0.717, 1.165) is 11.4 Å². The number of hydrogen-bond acceptors (Lipinski definition) is 1. The van der Waals surface area contributed by atoms with Gasteiger partial charge < -0.3 is 5.32 Å². The molecule has 0 heterocycles. The summed E-state index contributed by atoms with van der Waals surface area (Å²) in [7, 11) is 0. The Morgan fingerprint density at radius 1 is 1.24 bits per heavy atom. The average molecular weight is 254 g/mol. The van der Waals surface area contributed by atoms with Crippen molar-refractivity contribution in [3.05, 3.63) is 34.9 Å². The lowest BCUT2D eigenvalue weighted by Gasteiger charge is -2.21. The monoisotopic (exact) mass is 253 g/mol. The van der Waals surface area contributed by atoms with Crippen molar-refractivity contribution in [3.8, 4) is 0 Å². The molecule has 17 heavy (non-hydrogen) atoms. The van der Waals surface area contributed by atoms with Gasteiger partial charge in [0.2, 0.25) is 0 Å².